The van der Waals surface area contributed by atoms with E-state index in [9.17, 15) is 24.3 Å². The summed E-state index contributed by atoms with van der Waals surface area (Å²) in [6, 6.07) is 10.5. The molecule has 0 aliphatic carbocycles. The second kappa shape index (κ2) is 12.0. The molecule has 2 atom stereocenters. The molecule has 5 N–H and O–H groups in total. The fourth-order valence-electron chi connectivity index (χ4n) is 3.85. The largest absolute Gasteiger partial charge is 0.508 e. The molecule has 2 aromatic carbocycles. The smallest absolute Gasteiger partial charge is 0.408 e. The monoisotopic (exact) mass is 526 g/mol. The number of benzene rings is 2. The Morgan fingerprint density at radius 2 is 1.55 bits per heavy atom. The number of primary amides is 1. The second-order valence-corrected chi connectivity index (χ2v) is 11.0. The second-order valence-electron chi connectivity index (χ2n) is 11.0. The van der Waals surface area contributed by atoms with Gasteiger partial charge in [0, 0.05) is 11.2 Å². The average Bonchev–Trinajstić information content (AvgIpc) is 2.76. The number of aromatic hydroxyl groups is 1. The number of carbonyl (C=O) groups excluding carboxylic acids is 4. The molecule has 38 heavy (non-hydrogen) atoms. The number of nitrogens with zero attached hydrogens (tertiary/aromatic N) is 1. The van der Waals surface area contributed by atoms with Gasteiger partial charge in [-0.05, 0) is 77.8 Å². The van der Waals surface area contributed by atoms with Gasteiger partial charge in [0.2, 0.25) is 11.8 Å². The normalized spacial score (nSPS) is 13.1. The SMILES string of the molecule is Cc1ccccc1NC(=O)C(c1ccc(O)cc1)N(C(=O)C(CC(N)=O)NC(=O)OC(C)(C)C)C(C)(C)C. The first-order valence-electron chi connectivity index (χ1n) is 12.3. The maximum absolute atomic E-state index is 14.1. The van der Waals surface area contributed by atoms with Gasteiger partial charge in [0.1, 0.15) is 23.4 Å². The van der Waals surface area contributed by atoms with Crippen LogP contribution in [-0.4, -0.2) is 51.0 Å². The predicted octanol–water partition coefficient (Wildman–Crippen LogP) is 3.78. The maximum atomic E-state index is 14.1. The van der Waals surface area contributed by atoms with Crippen LogP contribution in [0.4, 0.5) is 10.5 Å². The van der Waals surface area contributed by atoms with Crippen LogP contribution in [0.15, 0.2) is 48.5 Å². The van der Waals surface area contributed by atoms with E-state index in [1.807, 2.05) is 19.1 Å². The third-order valence-electron chi connectivity index (χ3n) is 5.47. The number of nitrogens with two attached hydrogens (primary N) is 1. The van der Waals surface area contributed by atoms with Gasteiger partial charge in [0.15, 0.2) is 0 Å². The number of anilines is 1. The molecule has 2 aromatic rings. The number of nitrogens with one attached hydrogen (secondary N) is 2. The molecule has 10 heteroatoms. The van der Waals surface area contributed by atoms with E-state index in [0.29, 0.717) is 11.3 Å². The molecular weight excluding hydrogens is 488 g/mol. The minimum absolute atomic E-state index is 0.0151. The summed E-state index contributed by atoms with van der Waals surface area (Å²) in [5.41, 5.74) is 5.39. The van der Waals surface area contributed by atoms with Crippen molar-refractivity contribution in [2.75, 3.05) is 5.32 Å². The van der Waals surface area contributed by atoms with Crippen molar-refractivity contribution < 1.29 is 29.0 Å². The van der Waals surface area contributed by atoms with Crippen LogP contribution in [-0.2, 0) is 19.1 Å². The average molecular weight is 527 g/mol. The molecule has 10 nitrogen and oxygen atoms in total. The number of phenolic OH excluding ortho intramolecular Hbond substituents is 1. The van der Waals surface area contributed by atoms with Crippen molar-refractivity contribution in [2.45, 2.75) is 78.1 Å². The Balaban J connectivity index is 2.59. The summed E-state index contributed by atoms with van der Waals surface area (Å²) in [5, 5.41) is 15.2. The fourth-order valence-corrected chi connectivity index (χ4v) is 3.85. The van der Waals surface area contributed by atoms with E-state index in [-0.39, 0.29) is 5.75 Å². The molecule has 0 saturated heterocycles. The topological polar surface area (TPSA) is 151 Å². The highest BCUT2D eigenvalue weighted by atomic mass is 16.6. The van der Waals surface area contributed by atoms with Crippen molar-refractivity contribution in [3.05, 3.63) is 59.7 Å². The first kappa shape index (κ1) is 30.1. The molecule has 2 unspecified atom stereocenters. The lowest BCUT2D eigenvalue weighted by molar-refractivity contribution is -0.147. The molecule has 4 amide bonds. The third kappa shape index (κ3) is 8.50. The van der Waals surface area contributed by atoms with Crippen molar-refractivity contribution in [1.82, 2.24) is 10.2 Å². The van der Waals surface area contributed by atoms with Crippen molar-refractivity contribution in [1.29, 1.82) is 0 Å². The lowest BCUT2D eigenvalue weighted by Crippen LogP contribution is -2.58. The number of ether oxygens (including phenoxy) is 1. The van der Waals surface area contributed by atoms with Crippen LogP contribution in [0.1, 0.15) is 65.1 Å². The number of rotatable bonds is 8. The van der Waals surface area contributed by atoms with Crippen LogP contribution in [0.25, 0.3) is 0 Å². The van der Waals surface area contributed by atoms with E-state index in [1.54, 1.807) is 53.7 Å². The summed E-state index contributed by atoms with van der Waals surface area (Å²) in [7, 11) is 0. The number of hydrogen-bond donors (Lipinski definition) is 4. The van der Waals surface area contributed by atoms with Gasteiger partial charge in [-0.15, -0.1) is 0 Å². The molecule has 0 spiro atoms. The lowest BCUT2D eigenvalue weighted by Gasteiger charge is -2.43. The number of hydrogen-bond acceptors (Lipinski definition) is 6. The molecule has 206 valence electrons. The number of carbonyl (C=O) groups is 4. The molecular formula is C28H38N4O6. The molecule has 0 fully saturated rings. The first-order chi connectivity index (χ1) is 17.5. The van der Waals surface area contributed by atoms with E-state index in [2.05, 4.69) is 10.6 Å². The molecule has 0 bridgehead atoms. The maximum Gasteiger partial charge on any atom is 0.408 e. The van der Waals surface area contributed by atoms with Gasteiger partial charge in [-0.3, -0.25) is 14.4 Å². The van der Waals surface area contributed by atoms with Crippen LogP contribution in [0.3, 0.4) is 0 Å². The van der Waals surface area contributed by atoms with Crippen molar-refractivity contribution in [3.8, 4) is 5.75 Å². The van der Waals surface area contributed by atoms with E-state index in [0.717, 1.165) is 5.56 Å². The fraction of sp³-hybridized carbons (Fsp3) is 0.429. The molecule has 0 radical (unpaired) electrons. The lowest BCUT2D eigenvalue weighted by atomic mass is 9.94. The van der Waals surface area contributed by atoms with Crippen LogP contribution < -0.4 is 16.4 Å². The van der Waals surface area contributed by atoms with Gasteiger partial charge < -0.3 is 31.1 Å². The highest BCUT2D eigenvalue weighted by Gasteiger charge is 2.42. The van der Waals surface area contributed by atoms with Gasteiger partial charge in [-0.25, -0.2) is 4.79 Å². The number of phenols is 1. The molecule has 0 aliphatic heterocycles. The molecule has 2 rings (SSSR count). The van der Waals surface area contributed by atoms with Crippen LogP contribution in [0.5, 0.6) is 5.75 Å². The van der Waals surface area contributed by atoms with Crippen LogP contribution in [0.2, 0.25) is 0 Å². The van der Waals surface area contributed by atoms with Gasteiger partial charge >= 0.3 is 6.09 Å². The highest BCUT2D eigenvalue weighted by Crippen LogP contribution is 2.32. The standard InChI is InChI=1S/C28H38N4O6/c1-17-10-8-9-11-20(17)30-24(35)23(18-12-14-19(33)15-13-18)32(27(2,3)4)25(36)21(16-22(29)34)31-26(37)38-28(5,6)7/h8-15,21,23,33H,16H2,1-7H3,(H2,29,34)(H,30,35)(H,31,37). The van der Waals surface area contributed by atoms with Crippen molar-refractivity contribution >= 4 is 29.5 Å². The Labute approximate surface area is 223 Å². The zero-order chi connectivity index (χ0) is 28.8. The Morgan fingerprint density at radius 3 is 2.05 bits per heavy atom. The molecule has 0 heterocycles. The molecule has 0 aliphatic rings. The Kier molecular flexibility index (Phi) is 9.50. The first-order valence-corrected chi connectivity index (χ1v) is 12.3. The van der Waals surface area contributed by atoms with E-state index in [4.69, 9.17) is 10.5 Å². The van der Waals surface area contributed by atoms with Gasteiger partial charge in [-0.1, -0.05) is 30.3 Å². The summed E-state index contributed by atoms with van der Waals surface area (Å²) in [6.07, 6.45) is -1.41. The number of alkyl carbamates (subject to hydrolysis) is 1. The summed E-state index contributed by atoms with van der Waals surface area (Å²) < 4.78 is 5.28. The van der Waals surface area contributed by atoms with E-state index in [1.165, 1.54) is 29.2 Å². The zero-order valence-electron chi connectivity index (χ0n) is 23.0. The molecule has 0 aromatic heterocycles. The summed E-state index contributed by atoms with van der Waals surface area (Å²) in [4.78, 5) is 53.6. The van der Waals surface area contributed by atoms with Gasteiger partial charge in [0.05, 0.1) is 6.42 Å². The van der Waals surface area contributed by atoms with Crippen LogP contribution in [0, 0.1) is 6.92 Å². The number of para-hydroxylation sites is 1. The number of aryl methyl sites for hydroxylation is 1. The Hall–Kier alpha value is -4.08. The molecule has 0 saturated carbocycles. The third-order valence-corrected chi connectivity index (χ3v) is 5.47. The Bertz CT molecular complexity index is 1170. The quantitative estimate of drug-likeness (QED) is 0.411. The highest BCUT2D eigenvalue weighted by molar-refractivity contribution is 6.00. The summed E-state index contributed by atoms with van der Waals surface area (Å²) in [6.45, 7) is 12.0. The minimum Gasteiger partial charge on any atom is -0.508 e. The van der Waals surface area contributed by atoms with Gasteiger partial charge in [-0.2, -0.15) is 0 Å². The minimum atomic E-state index is -1.40. The number of amides is 4. The van der Waals surface area contributed by atoms with E-state index < -0.39 is 53.5 Å². The predicted molar refractivity (Wildman–Crippen MR) is 144 cm³/mol. The summed E-state index contributed by atoms with van der Waals surface area (Å²) >= 11 is 0. The van der Waals surface area contributed by atoms with E-state index >= 15 is 0 Å². The van der Waals surface area contributed by atoms with Crippen molar-refractivity contribution in [3.63, 3.8) is 0 Å². The zero-order valence-corrected chi connectivity index (χ0v) is 23.0. The van der Waals surface area contributed by atoms with Gasteiger partial charge in [0.25, 0.3) is 5.91 Å². The van der Waals surface area contributed by atoms with Crippen molar-refractivity contribution in [2.24, 2.45) is 5.73 Å². The summed E-state index contributed by atoms with van der Waals surface area (Å²) in [5.74, 6) is -2.07. The van der Waals surface area contributed by atoms with Crippen LogP contribution >= 0.6 is 0 Å². The Morgan fingerprint density at radius 1 is 0.974 bits per heavy atom.